The lowest BCUT2D eigenvalue weighted by molar-refractivity contribution is -0.192. The van der Waals surface area contributed by atoms with Gasteiger partial charge in [-0.2, -0.15) is 26.3 Å². The number of hydrogen-bond donors (Lipinski definition) is 2. The van der Waals surface area contributed by atoms with Crippen LogP contribution in [0, 0.1) is 11.8 Å². The molecule has 1 spiro atoms. The second-order valence-electron chi connectivity index (χ2n) is 10.4. The van der Waals surface area contributed by atoms with Crippen molar-refractivity contribution < 1.29 is 50.6 Å². The van der Waals surface area contributed by atoms with Gasteiger partial charge in [-0.1, -0.05) is 12.1 Å². The number of benzene rings is 1. The fourth-order valence-corrected chi connectivity index (χ4v) is 6.01. The Morgan fingerprint density at radius 3 is 2.17 bits per heavy atom. The van der Waals surface area contributed by atoms with Gasteiger partial charge in [0.15, 0.2) is 0 Å². The standard InChI is InChI=1S/C25H27F3N4O3.C2HF3O2/c1-3-32-21(33)18-19(22(32)34)24(29-20(18)15-7-9-16(10-8-15)25(26,27)28)11-5-13-31(23(24)35)14-17-6-4-12-30(17)2;3-2(4,5)1(6)7/h4,6-10,12,18-20,29H,3,5,11,13-14H2,1-2H3;(H,6,7)/t18-,19-,20-,24-;/m1./s1. The Hall–Kier alpha value is -3.88. The summed E-state index contributed by atoms with van der Waals surface area (Å²) in [6.45, 7) is 2.78. The van der Waals surface area contributed by atoms with E-state index in [9.17, 15) is 40.7 Å². The summed E-state index contributed by atoms with van der Waals surface area (Å²) in [7, 11) is 1.89. The molecule has 1 aromatic heterocycles. The normalized spacial score (nSPS) is 26.0. The van der Waals surface area contributed by atoms with E-state index >= 15 is 0 Å². The lowest BCUT2D eigenvalue weighted by Crippen LogP contribution is -2.63. The van der Waals surface area contributed by atoms with Gasteiger partial charge in [0.1, 0.15) is 5.54 Å². The topological polar surface area (TPSA) is 112 Å². The molecule has 42 heavy (non-hydrogen) atoms. The molecule has 3 saturated heterocycles. The SMILES string of the molecule is CCN1C(=O)[C@H]2[C@@H](c3ccc(C(F)(F)F)cc3)N[C@]3(CCCN(Cc4cccn4C)C3=O)[C@H]2C1=O.O=C(O)C(F)(F)F. The molecule has 3 aliphatic rings. The van der Waals surface area contributed by atoms with Crippen molar-refractivity contribution in [1.82, 2.24) is 19.7 Å². The smallest absolute Gasteiger partial charge is 0.475 e. The molecule has 4 heterocycles. The van der Waals surface area contributed by atoms with Crippen LogP contribution in [0.1, 0.15) is 42.6 Å². The number of rotatable bonds is 4. The Labute approximate surface area is 236 Å². The predicted molar refractivity (Wildman–Crippen MR) is 133 cm³/mol. The van der Waals surface area contributed by atoms with Gasteiger partial charge in [-0.15, -0.1) is 0 Å². The molecule has 1 aromatic carbocycles. The van der Waals surface area contributed by atoms with E-state index in [1.807, 2.05) is 29.9 Å². The van der Waals surface area contributed by atoms with Gasteiger partial charge < -0.3 is 14.6 Å². The number of imide groups is 1. The van der Waals surface area contributed by atoms with Gasteiger partial charge in [0, 0.05) is 38.1 Å². The number of nitrogens with one attached hydrogen (secondary N) is 1. The van der Waals surface area contributed by atoms with Crippen molar-refractivity contribution in [2.75, 3.05) is 13.1 Å². The molecule has 4 atom stereocenters. The average Bonchev–Trinajstić information content (AvgIpc) is 3.55. The Kier molecular flexibility index (Phi) is 8.19. The number of hydrogen-bond acceptors (Lipinski definition) is 5. The summed E-state index contributed by atoms with van der Waals surface area (Å²) < 4.78 is 73.0. The maximum absolute atomic E-state index is 14.0. The first-order valence-corrected chi connectivity index (χ1v) is 13.0. The van der Waals surface area contributed by atoms with Gasteiger partial charge in [0.25, 0.3) is 0 Å². The first-order valence-electron chi connectivity index (χ1n) is 13.0. The van der Waals surface area contributed by atoms with Crippen LogP contribution in [0.4, 0.5) is 26.3 Å². The van der Waals surface area contributed by atoms with Crippen molar-refractivity contribution in [3.8, 4) is 0 Å². The van der Waals surface area contributed by atoms with Gasteiger partial charge in [-0.3, -0.25) is 24.6 Å². The number of halogens is 6. The zero-order chi connectivity index (χ0) is 31.2. The molecule has 2 aromatic rings. The van der Waals surface area contributed by atoms with Crippen LogP contribution in [0.15, 0.2) is 42.6 Å². The van der Waals surface area contributed by atoms with Crippen molar-refractivity contribution in [3.63, 3.8) is 0 Å². The molecule has 5 rings (SSSR count). The molecule has 15 heteroatoms. The van der Waals surface area contributed by atoms with Crippen molar-refractivity contribution in [2.24, 2.45) is 18.9 Å². The maximum atomic E-state index is 14.0. The van der Waals surface area contributed by atoms with Crippen LogP contribution in [0.5, 0.6) is 0 Å². The monoisotopic (exact) mass is 602 g/mol. The third kappa shape index (κ3) is 5.49. The number of carbonyl (C=O) groups is 4. The van der Waals surface area contributed by atoms with Gasteiger partial charge in [-0.05, 0) is 49.6 Å². The number of carbonyl (C=O) groups excluding carboxylic acids is 3. The number of carboxylic acids is 1. The van der Waals surface area contributed by atoms with E-state index in [4.69, 9.17) is 9.90 Å². The summed E-state index contributed by atoms with van der Waals surface area (Å²) in [4.78, 5) is 52.5. The third-order valence-electron chi connectivity index (χ3n) is 7.97. The first kappa shape index (κ1) is 31.1. The van der Waals surface area contributed by atoms with Crippen LogP contribution in [0.3, 0.4) is 0 Å². The number of aromatic nitrogens is 1. The van der Waals surface area contributed by atoms with E-state index in [0.717, 1.165) is 17.8 Å². The molecule has 3 fully saturated rings. The molecule has 0 bridgehead atoms. The van der Waals surface area contributed by atoms with Gasteiger partial charge in [0.05, 0.1) is 23.9 Å². The molecule has 2 N–H and O–H groups in total. The Balaban J connectivity index is 0.000000517. The lowest BCUT2D eigenvalue weighted by Gasteiger charge is -2.42. The Bertz CT molecular complexity index is 1370. The number of aliphatic carboxylic acids is 1. The lowest BCUT2D eigenvalue weighted by atomic mass is 9.74. The fourth-order valence-electron chi connectivity index (χ4n) is 6.01. The highest BCUT2D eigenvalue weighted by atomic mass is 19.4. The quantitative estimate of drug-likeness (QED) is 0.410. The first-order chi connectivity index (χ1) is 19.5. The highest BCUT2D eigenvalue weighted by Crippen LogP contribution is 2.52. The van der Waals surface area contributed by atoms with E-state index < -0.39 is 53.2 Å². The van der Waals surface area contributed by atoms with Crippen LogP contribution in [-0.2, 0) is 38.9 Å². The second-order valence-corrected chi connectivity index (χ2v) is 10.4. The van der Waals surface area contributed by atoms with Crippen LogP contribution in [0.2, 0.25) is 0 Å². The van der Waals surface area contributed by atoms with Crippen LogP contribution >= 0.6 is 0 Å². The minimum atomic E-state index is -5.08. The van der Waals surface area contributed by atoms with E-state index in [2.05, 4.69) is 5.32 Å². The molecule has 0 saturated carbocycles. The van der Waals surface area contributed by atoms with E-state index in [-0.39, 0.29) is 18.4 Å². The van der Waals surface area contributed by atoms with Gasteiger partial charge in [0.2, 0.25) is 17.7 Å². The molecule has 9 nitrogen and oxygen atoms in total. The predicted octanol–water partition coefficient (Wildman–Crippen LogP) is 3.50. The second kappa shape index (κ2) is 11.1. The third-order valence-corrected chi connectivity index (χ3v) is 7.97. The molecule has 3 amide bonds. The molecular formula is C27H28F6N4O5. The van der Waals surface area contributed by atoms with Crippen LogP contribution in [-0.4, -0.2) is 68.0 Å². The minimum Gasteiger partial charge on any atom is -0.475 e. The molecule has 228 valence electrons. The zero-order valence-electron chi connectivity index (χ0n) is 22.5. The molecule has 0 radical (unpaired) electrons. The fraction of sp³-hybridized carbons (Fsp3) is 0.481. The van der Waals surface area contributed by atoms with Crippen molar-refractivity contribution in [3.05, 3.63) is 59.4 Å². The van der Waals surface area contributed by atoms with Crippen molar-refractivity contribution in [2.45, 2.75) is 50.2 Å². The van der Waals surface area contributed by atoms with E-state index in [1.165, 1.54) is 17.0 Å². The summed E-state index contributed by atoms with van der Waals surface area (Å²) >= 11 is 0. The summed E-state index contributed by atoms with van der Waals surface area (Å²) in [5.41, 5.74) is -0.681. The van der Waals surface area contributed by atoms with Gasteiger partial charge >= 0.3 is 18.3 Å². The van der Waals surface area contributed by atoms with Crippen molar-refractivity contribution in [1.29, 1.82) is 0 Å². The highest BCUT2D eigenvalue weighted by Gasteiger charge is 2.68. The summed E-state index contributed by atoms with van der Waals surface area (Å²) in [5, 5.41) is 10.4. The Morgan fingerprint density at radius 1 is 1.05 bits per heavy atom. The molecule has 3 aliphatic heterocycles. The molecule has 0 aliphatic carbocycles. The van der Waals surface area contributed by atoms with Crippen LogP contribution < -0.4 is 5.32 Å². The maximum Gasteiger partial charge on any atom is 0.490 e. The average molecular weight is 603 g/mol. The summed E-state index contributed by atoms with van der Waals surface area (Å²) in [5.74, 6) is -5.52. The van der Waals surface area contributed by atoms with E-state index in [0.29, 0.717) is 31.5 Å². The number of piperidine rings is 1. The summed E-state index contributed by atoms with van der Waals surface area (Å²) in [6, 6.07) is 7.68. The zero-order valence-corrected chi connectivity index (χ0v) is 22.5. The summed E-state index contributed by atoms with van der Waals surface area (Å²) in [6.07, 6.45) is -6.66. The van der Waals surface area contributed by atoms with Gasteiger partial charge in [-0.25, -0.2) is 4.79 Å². The van der Waals surface area contributed by atoms with Crippen LogP contribution in [0.25, 0.3) is 0 Å². The number of likely N-dealkylation sites (tertiary alicyclic amines) is 2. The number of alkyl halides is 6. The number of aryl methyl sites for hydroxylation is 1. The number of nitrogens with zero attached hydrogens (tertiary/aromatic N) is 3. The number of carboxylic acid groups (broad SMARTS) is 1. The minimum absolute atomic E-state index is 0.182. The van der Waals surface area contributed by atoms with E-state index in [1.54, 1.807) is 11.8 Å². The largest absolute Gasteiger partial charge is 0.490 e. The Morgan fingerprint density at radius 2 is 1.67 bits per heavy atom. The molecule has 0 unspecified atom stereocenters. The number of fused-ring (bicyclic) bond motifs is 2. The van der Waals surface area contributed by atoms with Crippen molar-refractivity contribution >= 4 is 23.7 Å². The highest BCUT2D eigenvalue weighted by molar-refractivity contribution is 6.10. The molecular weight excluding hydrogens is 574 g/mol. The number of amides is 3.